The highest BCUT2D eigenvalue weighted by Crippen LogP contribution is 2.29. The van der Waals surface area contributed by atoms with Crippen LogP contribution < -0.4 is 4.90 Å². The van der Waals surface area contributed by atoms with E-state index in [2.05, 4.69) is 15.9 Å². The van der Waals surface area contributed by atoms with Crippen LogP contribution in [0.2, 0.25) is 0 Å². The van der Waals surface area contributed by atoms with Crippen LogP contribution in [-0.4, -0.2) is 12.5 Å². The number of carbonyl (C=O) groups is 1. The normalized spacial score (nSPS) is 11.3. The van der Waals surface area contributed by atoms with Crippen molar-refractivity contribution in [3.63, 3.8) is 0 Å². The van der Waals surface area contributed by atoms with Gasteiger partial charge < -0.3 is 4.90 Å². The van der Waals surface area contributed by atoms with Crippen LogP contribution in [0.15, 0.2) is 83.3 Å². The van der Waals surface area contributed by atoms with E-state index in [1.54, 1.807) is 4.90 Å². The molecule has 150 valence electrons. The first-order valence-corrected chi connectivity index (χ1v) is 9.88. The van der Waals surface area contributed by atoms with Gasteiger partial charge in [0, 0.05) is 16.7 Å². The number of hydrogen-bond donors (Lipinski definition) is 0. The molecule has 6 heteroatoms. The smallest absolute Gasteiger partial charge is 0.312 e. The summed E-state index contributed by atoms with van der Waals surface area (Å²) in [7, 11) is 0. The third-order valence-corrected chi connectivity index (χ3v) is 5.07. The van der Waals surface area contributed by atoms with Gasteiger partial charge in [-0.2, -0.15) is 13.2 Å². The molecule has 0 unspecified atom stereocenters. The first-order valence-electron chi connectivity index (χ1n) is 9.09. The molecule has 0 aromatic heterocycles. The topological polar surface area (TPSA) is 20.3 Å². The maximum absolute atomic E-state index is 13.0. The summed E-state index contributed by atoms with van der Waals surface area (Å²) in [5, 5.41) is 0. The predicted molar refractivity (Wildman–Crippen MR) is 112 cm³/mol. The summed E-state index contributed by atoms with van der Waals surface area (Å²) in [5.74, 6) is -0.164. The summed E-state index contributed by atoms with van der Waals surface area (Å²) >= 11 is 3.39. The van der Waals surface area contributed by atoms with Gasteiger partial charge in [-0.15, -0.1) is 0 Å². The number of rotatable bonds is 6. The van der Waals surface area contributed by atoms with Gasteiger partial charge in [0.05, 0.1) is 12.0 Å². The number of benzene rings is 3. The standard InChI is InChI=1S/C23H19BrF3NO/c24-20-10-12-21(13-11-20)28(15-14-17-4-2-1-3-5-17)22(29)16-18-6-8-19(9-7-18)23(25,26)27/h1-13H,14-16H2. The maximum atomic E-state index is 13.0. The molecular weight excluding hydrogens is 443 g/mol. The van der Waals surface area contributed by atoms with Crippen molar-refractivity contribution in [2.45, 2.75) is 19.0 Å². The first kappa shape index (κ1) is 21.1. The minimum Gasteiger partial charge on any atom is -0.312 e. The zero-order valence-corrected chi connectivity index (χ0v) is 17.1. The molecule has 3 aromatic carbocycles. The highest BCUT2D eigenvalue weighted by Gasteiger charge is 2.30. The Morgan fingerprint density at radius 2 is 1.45 bits per heavy atom. The summed E-state index contributed by atoms with van der Waals surface area (Å²) in [6.45, 7) is 0.477. The van der Waals surface area contributed by atoms with Gasteiger partial charge in [0.1, 0.15) is 0 Å². The molecule has 1 amide bonds. The number of anilines is 1. The van der Waals surface area contributed by atoms with Crippen molar-refractivity contribution in [1.82, 2.24) is 0 Å². The van der Waals surface area contributed by atoms with Gasteiger partial charge in [-0.25, -0.2) is 0 Å². The average Bonchev–Trinajstić information content (AvgIpc) is 2.70. The van der Waals surface area contributed by atoms with E-state index in [1.165, 1.54) is 12.1 Å². The van der Waals surface area contributed by atoms with Crippen LogP contribution in [0.3, 0.4) is 0 Å². The lowest BCUT2D eigenvalue weighted by molar-refractivity contribution is -0.137. The van der Waals surface area contributed by atoms with E-state index in [4.69, 9.17) is 0 Å². The van der Waals surface area contributed by atoms with Gasteiger partial charge in [-0.3, -0.25) is 4.79 Å². The molecule has 0 radical (unpaired) electrons. The fourth-order valence-corrected chi connectivity index (χ4v) is 3.25. The monoisotopic (exact) mass is 461 g/mol. The molecular formula is C23H19BrF3NO. The second-order valence-electron chi connectivity index (χ2n) is 6.63. The predicted octanol–water partition coefficient (Wildman–Crippen LogP) is 6.29. The van der Waals surface area contributed by atoms with E-state index < -0.39 is 11.7 Å². The summed E-state index contributed by atoms with van der Waals surface area (Å²) in [5.41, 5.74) is 1.69. The zero-order chi connectivity index (χ0) is 20.9. The number of nitrogens with zero attached hydrogens (tertiary/aromatic N) is 1. The summed E-state index contributed by atoms with van der Waals surface area (Å²) in [6, 6.07) is 22.0. The highest BCUT2D eigenvalue weighted by atomic mass is 79.9. The van der Waals surface area contributed by atoms with Gasteiger partial charge >= 0.3 is 6.18 Å². The Bertz CT molecular complexity index is 939. The molecule has 3 rings (SSSR count). The van der Waals surface area contributed by atoms with Gasteiger partial charge in [0.25, 0.3) is 0 Å². The minimum atomic E-state index is -4.39. The summed E-state index contributed by atoms with van der Waals surface area (Å²) in [4.78, 5) is 14.7. The SMILES string of the molecule is O=C(Cc1ccc(C(F)(F)F)cc1)N(CCc1ccccc1)c1ccc(Br)cc1. The lowest BCUT2D eigenvalue weighted by atomic mass is 10.1. The van der Waals surface area contributed by atoms with Gasteiger partial charge in [-0.05, 0) is 53.9 Å². The summed E-state index contributed by atoms with van der Waals surface area (Å²) < 4.78 is 39.1. The second kappa shape index (κ2) is 9.27. The molecule has 0 aliphatic carbocycles. The lowest BCUT2D eigenvalue weighted by Crippen LogP contribution is -2.34. The minimum absolute atomic E-state index is 0.0307. The number of carbonyl (C=O) groups excluding carboxylic acids is 1. The third kappa shape index (κ3) is 5.94. The van der Waals surface area contributed by atoms with Crippen molar-refractivity contribution in [3.05, 3.63) is 100 Å². The molecule has 0 fully saturated rings. The van der Waals surface area contributed by atoms with Gasteiger partial charge in [-0.1, -0.05) is 58.4 Å². The number of alkyl halides is 3. The van der Waals surface area contributed by atoms with Crippen LogP contribution in [0, 0.1) is 0 Å². The van der Waals surface area contributed by atoms with Crippen LogP contribution in [0.5, 0.6) is 0 Å². The number of hydrogen-bond acceptors (Lipinski definition) is 1. The Balaban J connectivity index is 1.77. The van der Waals surface area contributed by atoms with Crippen LogP contribution in [0.4, 0.5) is 18.9 Å². The van der Waals surface area contributed by atoms with Crippen molar-refractivity contribution >= 4 is 27.5 Å². The molecule has 0 saturated heterocycles. The first-order chi connectivity index (χ1) is 13.8. The molecule has 2 nitrogen and oxygen atoms in total. The fraction of sp³-hybridized carbons (Fsp3) is 0.174. The summed E-state index contributed by atoms with van der Waals surface area (Å²) in [6.07, 6.45) is -3.68. The molecule has 0 heterocycles. The molecule has 0 saturated carbocycles. The Morgan fingerprint density at radius 1 is 0.828 bits per heavy atom. The molecule has 0 N–H and O–H groups in total. The maximum Gasteiger partial charge on any atom is 0.416 e. The molecule has 0 spiro atoms. The van der Waals surface area contributed by atoms with E-state index in [9.17, 15) is 18.0 Å². The van der Waals surface area contributed by atoms with Crippen LogP contribution in [0.25, 0.3) is 0 Å². The molecule has 3 aromatic rings. The molecule has 0 bridgehead atoms. The number of amides is 1. The fourth-order valence-electron chi connectivity index (χ4n) is 2.99. The van der Waals surface area contributed by atoms with E-state index >= 15 is 0 Å². The largest absolute Gasteiger partial charge is 0.416 e. The van der Waals surface area contributed by atoms with Crippen molar-refractivity contribution in [2.24, 2.45) is 0 Å². The number of halogens is 4. The third-order valence-electron chi connectivity index (χ3n) is 4.54. The van der Waals surface area contributed by atoms with Crippen LogP contribution >= 0.6 is 15.9 Å². The van der Waals surface area contributed by atoms with Crippen LogP contribution in [0.1, 0.15) is 16.7 Å². The van der Waals surface area contributed by atoms with Crippen LogP contribution in [-0.2, 0) is 23.8 Å². The van der Waals surface area contributed by atoms with Crippen molar-refractivity contribution in [2.75, 3.05) is 11.4 Å². The van der Waals surface area contributed by atoms with E-state index in [-0.39, 0.29) is 12.3 Å². The Hall–Kier alpha value is -2.60. The molecule has 0 atom stereocenters. The molecule has 0 aliphatic rings. The lowest BCUT2D eigenvalue weighted by Gasteiger charge is -2.23. The van der Waals surface area contributed by atoms with Crippen molar-refractivity contribution in [1.29, 1.82) is 0 Å². The molecule has 29 heavy (non-hydrogen) atoms. The van der Waals surface area contributed by atoms with E-state index in [0.717, 1.165) is 27.9 Å². The Morgan fingerprint density at radius 3 is 2.03 bits per heavy atom. The second-order valence-corrected chi connectivity index (χ2v) is 7.54. The van der Waals surface area contributed by atoms with E-state index in [1.807, 2.05) is 54.6 Å². The zero-order valence-electron chi connectivity index (χ0n) is 15.5. The van der Waals surface area contributed by atoms with Crippen molar-refractivity contribution in [3.8, 4) is 0 Å². The van der Waals surface area contributed by atoms with Crippen molar-refractivity contribution < 1.29 is 18.0 Å². The van der Waals surface area contributed by atoms with E-state index in [0.29, 0.717) is 18.5 Å². The quantitative estimate of drug-likeness (QED) is 0.422. The average molecular weight is 462 g/mol. The highest BCUT2D eigenvalue weighted by molar-refractivity contribution is 9.10. The Kier molecular flexibility index (Phi) is 6.75. The van der Waals surface area contributed by atoms with Gasteiger partial charge in [0.2, 0.25) is 5.91 Å². The molecule has 0 aliphatic heterocycles. The van der Waals surface area contributed by atoms with Gasteiger partial charge in [0.15, 0.2) is 0 Å². The Labute approximate surface area is 176 Å².